The zero-order valence-electron chi connectivity index (χ0n) is 7.20. The monoisotopic (exact) mass is 166 g/mol. The Morgan fingerprint density at radius 1 is 1.50 bits per heavy atom. The van der Waals surface area contributed by atoms with Crippen molar-refractivity contribution in [2.75, 3.05) is 13.2 Å². The summed E-state index contributed by atoms with van der Waals surface area (Å²) in [5.74, 6) is 0. The average Bonchev–Trinajstić information content (AvgIpc) is 2.15. The zero-order valence-corrected chi connectivity index (χ0v) is 7.20. The summed E-state index contributed by atoms with van der Waals surface area (Å²) in [6.07, 6.45) is 3.54. The summed E-state index contributed by atoms with van der Waals surface area (Å²) in [5, 5.41) is 11.8. The maximum Gasteiger partial charge on any atom is 0.0556 e. The third kappa shape index (κ3) is 2.60. The van der Waals surface area contributed by atoms with Crippen LogP contribution in [0.1, 0.15) is 18.5 Å². The van der Waals surface area contributed by atoms with Gasteiger partial charge in [0, 0.05) is 25.0 Å². The number of aliphatic hydroxyl groups excluding tert-OH is 1. The Morgan fingerprint density at radius 2 is 2.17 bits per heavy atom. The third-order valence-corrected chi connectivity index (χ3v) is 1.77. The Labute approximate surface area is 72.5 Å². The van der Waals surface area contributed by atoms with E-state index in [4.69, 9.17) is 5.11 Å². The van der Waals surface area contributed by atoms with Gasteiger partial charge in [0.05, 0.1) is 6.61 Å². The molecule has 1 aromatic heterocycles. The molecule has 0 aliphatic carbocycles. The summed E-state index contributed by atoms with van der Waals surface area (Å²) in [6.45, 7) is 2.86. The molecule has 2 N–H and O–H groups in total. The van der Waals surface area contributed by atoms with E-state index in [9.17, 15) is 0 Å². The first-order valence-corrected chi connectivity index (χ1v) is 4.08. The van der Waals surface area contributed by atoms with E-state index in [1.165, 1.54) is 5.56 Å². The lowest BCUT2D eigenvalue weighted by Crippen LogP contribution is -2.21. The lowest BCUT2D eigenvalue weighted by Gasteiger charge is -2.12. The van der Waals surface area contributed by atoms with Gasteiger partial charge in [-0.3, -0.25) is 4.98 Å². The van der Waals surface area contributed by atoms with Crippen molar-refractivity contribution in [3.05, 3.63) is 30.1 Å². The second-order valence-corrected chi connectivity index (χ2v) is 2.68. The van der Waals surface area contributed by atoms with Crippen LogP contribution in [0.5, 0.6) is 0 Å². The van der Waals surface area contributed by atoms with Crippen LogP contribution in [0.15, 0.2) is 24.5 Å². The molecule has 1 atom stereocenters. The molecule has 1 aromatic rings. The van der Waals surface area contributed by atoms with E-state index < -0.39 is 0 Å². The Balaban J connectivity index is 2.48. The second-order valence-electron chi connectivity index (χ2n) is 2.68. The minimum atomic E-state index is 0.176. The molecule has 3 heteroatoms. The number of aromatic nitrogens is 1. The highest BCUT2D eigenvalue weighted by molar-refractivity contribution is 5.13. The molecule has 1 rings (SSSR count). The van der Waals surface area contributed by atoms with E-state index in [0.29, 0.717) is 6.54 Å². The standard InChI is InChI=1S/C9H14N2O/c1-8(11-6-7-12)9-2-4-10-5-3-9/h2-5,8,11-12H,6-7H2,1H3/t8-/m0/s1. The molecule has 12 heavy (non-hydrogen) atoms. The SMILES string of the molecule is C[C@H](NCCO)c1ccncc1. The first kappa shape index (κ1) is 9.16. The number of hydrogen-bond acceptors (Lipinski definition) is 3. The summed E-state index contributed by atoms with van der Waals surface area (Å²) in [5.41, 5.74) is 1.19. The van der Waals surface area contributed by atoms with Gasteiger partial charge in [0.1, 0.15) is 0 Å². The van der Waals surface area contributed by atoms with Gasteiger partial charge in [0.15, 0.2) is 0 Å². The van der Waals surface area contributed by atoms with Crippen molar-refractivity contribution in [3.63, 3.8) is 0 Å². The molecule has 0 saturated heterocycles. The normalized spacial score (nSPS) is 12.8. The van der Waals surface area contributed by atoms with E-state index >= 15 is 0 Å². The topological polar surface area (TPSA) is 45.1 Å². The van der Waals surface area contributed by atoms with Gasteiger partial charge in [-0.05, 0) is 24.6 Å². The van der Waals surface area contributed by atoms with E-state index in [0.717, 1.165) is 0 Å². The van der Waals surface area contributed by atoms with Crippen molar-refractivity contribution < 1.29 is 5.11 Å². The average molecular weight is 166 g/mol. The van der Waals surface area contributed by atoms with Crippen molar-refractivity contribution in [3.8, 4) is 0 Å². The number of rotatable bonds is 4. The van der Waals surface area contributed by atoms with Crippen LogP contribution in [0.25, 0.3) is 0 Å². The van der Waals surface area contributed by atoms with Crippen molar-refractivity contribution in [1.29, 1.82) is 0 Å². The molecule has 0 saturated carbocycles. The zero-order chi connectivity index (χ0) is 8.81. The van der Waals surface area contributed by atoms with Crippen LogP contribution in [0.2, 0.25) is 0 Å². The van der Waals surface area contributed by atoms with Gasteiger partial charge in [-0.2, -0.15) is 0 Å². The van der Waals surface area contributed by atoms with Gasteiger partial charge in [0.25, 0.3) is 0 Å². The predicted octanol–water partition coefficient (Wildman–Crippen LogP) is 0.724. The van der Waals surface area contributed by atoms with Gasteiger partial charge < -0.3 is 10.4 Å². The largest absolute Gasteiger partial charge is 0.395 e. The highest BCUT2D eigenvalue weighted by Crippen LogP contribution is 2.08. The fourth-order valence-electron chi connectivity index (χ4n) is 1.05. The molecule has 0 fully saturated rings. The smallest absolute Gasteiger partial charge is 0.0556 e. The van der Waals surface area contributed by atoms with Crippen LogP contribution in [0.4, 0.5) is 0 Å². The molecular formula is C9H14N2O. The fourth-order valence-corrected chi connectivity index (χ4v) is 1.05. The molecule has 1 heterocycles. The van der Waals surface area contributed by atoms with Crippen LogP contribution >= 0.6 is 0 Å². The molecule has 3 nitrogen and oxygen atoms in total. The minimum Gasteiger partial charge on any atom is -0.395 e. The predicted molar refractivity (Wildman–Crippen MR) is 47.7 cm³/mol. The molecule has 0 spiro atoms. The van der Waals surface area contributed by atoms with Gasteiger partial charge in [0.2, 0.25) is 0 Å². The van der Waals surface area contributed by atoms with Crippen LogP contribution in [-0.4, -0.2) is 23.2 Å². The van der Waals surface area contributed by atoms with Gasteiger partial charge in [-0.25, -0.2) is 0 Å². The Morgan fingerprint density at radius 3 is 2.75 bits per heavy atom. The summed E-state index contributed by atoms with van der Waals surface area (Å²) in [6, 6.07) is 4.21. The lowest BCUT2D eigenvalue weighted by atomic mass is 10.1. The summed E-state index contributed by atoms with van der Waals surface area (Å²) in [7, 11) is 0. The Kier molecular flexibility index (Phi) is 3.70. The first-order valence-electron chi connectivity index (χ1n) is 4.08. The third-order valence-electron chi connectivity index (χ3n) is 1.77. The van der Waals surface area contributed by atoms with E-state index in [-0.39, 0.29) is 12.6 Å². The lowest BCUT2D eigenvalue weighted by molar-refractivity contribution is 0.286. The Hall–Kier alpha value is -0.930. The van der Waals surface area contributed by atoms with Gasteiger partial charge in [-0.15, -0.1) is 0 Å². The number of hydrogen-bond donors (Lipinski definition) is 2. The Bertz CT molecular complexity index is 213. The summed E-state index contributed by atoms with van der Waals surface area (Å²) < 4.78 is 0. The molecule has 0 bridgehead atoms. The fraction of sp³-hybridized carbons (Fsp3) is 0.444. The number of aliphatic hydroxyl groups is 1. The number of nitrogens with one attached hydrogen (secondary N) is 1. The maximum atomic E-state index is 8.59. The molecule has 0 aromatic carbocycles. The molecule has 0 amide bonds. The highest BCUT2D eigenvalue weighted by Gasteiger charge is 2.01. The van der Waals surface area contributed by atoms with Crippen LogP contribution in [0, 0.1) is 0 Å². The van der Waals surface area contributed by atoms with Gasteiger partial charge in [-0.1, -0.05) is 0 Å². The second kappa shape index (κ2) is 4.85. The van der Waals surface area contributed by atoms with Crippen molar-refractivity contribution >= 4 is 0 Å². The molecule has 66 valence electrons. The summed E-state index contributed by atoms with van der Waals surface area (Å²) in [4.78, 5) is 3.93. The van der Waals surface area contributed by atoms with Crippen molar-refractivity contribution in [1.82, 2.24) is 10.3 Å². The number of pyridine rings is 1. The molecule has 0 radical (unpaired) electrons. The first-order chi connectivity index (χ1) is 5.84. The molecule has 0 aliphatic heterocycles. The summed E-state index contributed by atoms with van der Waals surface area (Å²) >= 11 is 0. The molecule has 0 aliphatic rings. The minimum absolute atomic E-state index is 0.176. The maximum absolute atomic E-state index is 8.59. The van der Waals surface area contributed by atoms with Crippen LogP contribution < -0.4 is 5.32 Å². The highest BCUT2D eigenvalue weighted by atomic mass is 16.3. The molecule has 0 unspecified atom stereocenters. The van der Waals surface area contributed by atoms with Crippen LogP contribution in [0.3, 0.4) is 0 Å². The van der Waals surface area contributed by atoms with Gasteiger partial charge >= 0.3 is 0 Å². The van der Waals surface area contributed by atoms with Crippen LogP contribution in [-0.2, 0) is 0 Å². The van der Waals surface area contributed by atoms with E-state index in [2.05, 4.69) is 17.2 Å². The molecular weight excluding hydrogens is 152 g/mol. The van der Waals surface area contributed by atoms with Crippen molar-refractivity contribution in [2.24, 2.45) is 0 Å². The number of nitrogens with zero attached hydrogens (tertiary/aromatic N) is 1. The van der Waals surface area contributed by atoms with E-state index in [1.807, 2.05) is 12.1 Å². The quantitative estimate of drug-likeness (QED) is 0.693. The van der Waals surface area contributed by atoms with E-state index in [1.54, 1.807) is 12.4 Å². The van der Waals surface area contributed by atoms with Crippen molar-refractivity contribution in [2.45, 2.75) is 13.0 Å².